The van der Waals surface area contributed by atoms with Crippen molar-refractivity contribution in [2.75, 3.05) is 0 Å². The van der Waals surface area contributed by atoms with E-state index in [4.69, 9.17) is 0 Å². The zero-order valence-electron chi connectivity index (χ0n) is 19.1. The predicted octanol–water partition coefficient (Wildman–Crippen LogP) is 7.97. The van der Waals surface area contributed by atoms with Gasteiger partial charge in [0.25, 0.3) is 0 Å². The zero-order valence-corrected chi connectivity index (χ0v) is 19.1. The van der Waals surface area contributed by atoms with Gasteiger partial charge in [0.15, 0.2) is 0 Å². The van der Waals surface area contributed by atoms with E-state index in [1.165, 1.54) is 57.4 Å². The standard InChI is InChI=1S/C32H32/c1-24-9-5-6-11-27(24)14-7-10-25-17-19-26(20-18-25)23-29-21-22-31(28-12-3-2-4-13-28)32-16-8-15-30(29)32/h3,5-6,8-9,11-13,15-22,32H,2,4,7,10,14,23H2,1H3. The molecule has 0 bridgehead atoms. The highest BCUT2D eigenvalue weighted by Gasteiger charge is 2.26. The number of hydrogen-bond donors (Lipinski definition) is 0. The Morgan fingerprint density at radius 1 is 0.812 bits per heavy atom. The molecule has 3 aliphatic rings. The summed E-state index contributed by atoms with van der Waals surface area (Å²) < 4.78 is 0. The minimum atomic E-state index is 0.421. The minimum Gasteiger partial charge on any atom is -0.0836 e. The van der Waals surface area contributed by atoms with Crippen LogP contribution in [0.1, 0.15) is 41.5 Å². The van der Waals surface area contributed by atoms with Crippen LogP contribution in [0.5, 0.6) is 0 Å². The molecular formula is C32H32. The molecule has 0 aromatic heterocycles. The fourth-order valence-corrected chi connectivity index (χ4v) is 5.13. The van der Waals surface area contributed by atoms with Crippen LogP contribution < -0.4 is 0 Å². The highest BCUT2D eigenvalue weighted by Crippen LogP contribution is 2.40. The van der Waals surface area contributed by atoms with Crippen molar-refractivity contribution in [2.24, 2.45) is 5.92 Å². The average molecular weight is 417 g/mol. The lowest BCUT2D eigenvalue weighted by atomic mass is 9.78. The van der Waals surface area contributed by atoms with Crippen molar-refractivity contribution in [2.45, 2.75) is 45.4 Å². The normalized spacial score (nSPS) is 19.2. The van der Waals surface area contributed by atoms with Gasteiger partial charge in [0.2, 0.25) is 0 Å². The molecule has 0 amide bonds. The Balaban J connectivity index is 1.23. The van der Waals surface area contributed by atoms with Crippen molar-refractivity contribution in [3.8, 4) is 0 Å². The third-order valence-electron chi connectivity index (χ3n) is 7.00. The first kappa shape index (κ1) is 20.8. The van der Waals surface area contributed by atoms with E-state index in [-0.39, 0.29) is 0 Å². The molecule has 0 nitrogen and oxygen atoms in total. The number of rotatable bonds is 7. The highest BCUT2D eigenvalue weighted by molar-refractivity contribution is 5.60. The lowest BCUT2D eigenvalue weighted by Gasteiger charge is -2.26. The second-order valence-corrected chi connectivity index (χ2v) is 9.21. The van der Waals surface area contributed by atoms with Crippen LogP contribution in [0.2, 0.25) is 0 Å². The Morgan fingerprint density at radius 2 is 1.66 bits per heavy atom. The van der Waals surface area contributed by atoms with E-state index >= 15 is 0 Å². The van der Waals surface area contributed by atoms with Gasteiger partial charge in [-0.2, -0.15) is 0 Å². The van der Waals surface area contributed by atoms with E-state index < -0.39 is 0 Å². The number of fused-ring (bicyclic) bond motifs is 1. The third kappa shape index (κ3) is 4.55. The van der Waals surface area contributed by atoms with Gasteiger partial charge in [-0.25, -0.2) is 0 Å². The Kier molecular flexibility index (Phi) is 6.21. The molecule has 0 saturated heterocycles. The Morgan fingerprint density at radius 3 is 2.47 bits per heavy atom. The number of hydrogen-bond acceptors (Lipinski definition) is 0. The van der Waals surface area contributed by atoms with Gasteiger partial charge in [-0.15, -0.1) is 0 Å². The summed E-state index contributed by atoms with van der Waals surface area (Å²) >= 11 is 0. The lowest BCUT2D eigenvalue weighted by Crippen LogP contribution is -2.12. The van der Waals surface area contributed by atoms with Gasteiger partial charge in [-0.3, -0.25) is 0 Å². The van der Waals surface area contributed by atoms with E-state index in [0.29, 0.717) is 5.92 Å². The van der Waals surface area contributed by atoms with Gasteiger partial charge < -0.3 is 0 Å². The number of benzene rings is 2. The van der Waals surface area contributed by atoms with Crippen LogP contribution in [-0.2, 0) is 19.3 Å². The summed E-state index contributed by atoms with van der Waals surface area (Å²) in [6, 6.07) is 18.1. The molecule has 2 aromatic rings. The molecule has 2 aromatic carbocycles. The van der Waals surface area contributed by atoms with Gasteiger partial charge in [0.05, 0.1) is 0 Å². The maximum Gasteiger partial charge on any atom is 0.0281 e. The van der Waals surface area contributed by atoms with Crippen LogP contribution in [0.15, 0.2) is 119 Å². The molecule has 0 spiro atoms. The first-order chi connectivity index (χ1) is 15.8. The SMILES string of the molecule is Cc1ccccc1CCCc1ccc(CC2=CC=C(C3=CCCC=C3)C3C=CC=C23)cc1. The summed E-state index contributed by atoms with van der Waals surface area (Å²) in [4.78, 5) is 0. The van der Waals surface area contributed by atoms with E-state index in [1.807, 2.05) is 0 Å². The Labute approximate surface area is 193 Å². The number of aryl methyl sites for hydroxylation is 3. The summed E-state index contributed by atoms with van der Waals surface area (Å²) in [7, 11) is 0. The van der Waals surface area contributed by atoms with E-state index in [0.717, 1.165) is 25.7 Å². The molecule has 0 aliphatic heterocycles. The summed E-state index contributed by atoms with van der Waals surface area (Å²) in [5.41, 5.74) is 11.5. The molecule has 3 aliphatic carbocycles. The molecule has 5 rings (SSSR count). The van der Waals surface area contributed by atoms with E-state index in [1.54, 1.807) is 0 Å². The maximum atomic E-state index is 2.40. The molecule has 0 heteroatoms. The van der Waals surface area contributed by atoms with Crippen molar-refractivity contribution < 1.29 is 0 Å². The second-order valence-electron chi connectivity index (χ2n) is 9.21. The van der Waals surface area contributed by atoms with Crippen LogP contribution >= 0.6 is 0 Å². The largest absolute Gasteiger partial charge is 0.0836 e. The summed E-state index contributed by atoms with van der Waals surface area (Å²) in [6.07, 6.45) is 25.5. The number of allylic oxidation sites excluding steroid dienone is 12. The zero-order chi connectivity index (χ0) is 21.8. The van der Waals surface area contributed by atoms with Crippen molar-refractivity contribution in [1.29, 1.82) is 0 Å². The van der Waals surface area contributed by atoms with Crippen LogP contribution in [-0.4, -0.2) is 0 Å². The Bertz CT molecular complexity index is 1160. The lowest BCUT2D eigenvalue weighted by molar-refractivity contribution is 0.815. The molecule has 0 saturated carbocycles. The van der Waals surface area contributed by atoms with Crippen LogP contribution in [0.4, 0.5) is 0 Å². The summed E-state index contributed by atoms with van der Waals surface area (Å²) in [5, 5.41) is 0. The topological polar surface area (TPSA) is 0 Å². The average Bonchev–Trinajstić information content (AvgIpc) is 3.33. The van der Waals surface area contributed by atoms with Gasteiger partial charge in [0, 0.05) is 5.92 Å². The molecule has 1 atom stereocenters. The monoisotopic (exact) mass is 416 g/mol. The van der Waals surface area contributed by atoms with Gasteiger partial charge in [0.1, 0.15) is 0 Å². The van der Waals surface area contributed by atoms with Gasteiger partial charge in [-0.05, 0) is 90.0 Å². The van der Waals surface area contributed by atoms with Gasteiger partial charge >= 0.3 is 0 Å². The quantitative estimate of drug-likeness (QED) is 0.429. The Hall–Kier alpha value is -3.12. The maximum absolute atomic E-state index is 2.40. The highest BCUT2D eigenvalue weighted by atomic mass is 14.3. The van der Waals surface area contributed by atoms with E-state index in [9.17, 15) is 0 Å². The molecule has 1 unspecified atom stereocenters. The minimum absolute atomic E-state index is 0.421. The predicted molar refractivity (Wildman–Crippen MR) is 137 cm³/mol. The van der Waals surface area contributed by atoms with Crippen molar-refractivity contribution in [1.82, 2.24) is 0 Å². The van der Waals surface area contributed by atoms with Crippen molar-refractivity contribution >= 4 is 0 Å². The molecule has 160 valence electrons. The fourth-order valence-electron chi connectivity index (χ4n) is 5.13. The second kappa shape index (κ2) is 9.57. The fraction of sp³-hybridized carbons (Fsp3) is 0.250. The van der Waals surface area contributed by atoms with Crippen LogP contribution in [0.25, 0.3) is 0 Å². The summed E-state index contributed by atoms with van der Waals surface area (Å²) in [6.45, 7) is 2.21. The smallest absolute Gasteiger partial charge is 0.0281 e. The van der Waals surface area contributed by atoms with Crippen molar-refractivity contribution in [3.05, 3.63) is 142 Å². The molecule has 0 heterocycles. The van der Waals surface area contributed by atoms with E-state index in [2.05, 4.69) is 104 Å². The first-order valence-corrected chi connectivity index (χ1v) is 12.1. The molecular weight excluding hydrogens is 384 g/mol. The van der Waals surface area contributed by atoms with Gasteiger partial charge in [-0.1, -0.05) is 97.1 Å². The molecule has 0 fully saturated rings. The van der Waals surface area contributed by atoms with Crippen LogP contribution in [0.3, 0.4) is 0 Å². The van der Waals surface area contributed by atoms with Crippen LogP contribution in [0, 0.1) is 12.8 Å². The third-order valence-corrected chi connectivity index (χ3v) is 7.00. The molecule has 32 heavy (non-hydrogen) atoms. The summed E-state index contributed by atoms with van der Waals surface area (Å²) in [5.74, 6) is 0.421. The molecule has 0 radical (unpaired) electrons. The molecule has 0 N–H and O–H groups in total. The first-order valence-electron chi connectivity index (χ1n) is 12.1. The van der Waals surface area contributed by atoms with Crippen molar-refractivity contribution in [3.63, 3.8) is 0 Å².